The van der Waals surface area contributed by atoms with Crippen LogP contribution in [0.3, 0.4) is 0 Å². The number of nitrogens with one attached hydrogen (secondary N) is 2. The van der Waals surface area contributed by atoms with Crippen molar-refractivity contribution < 1.29 is 75.7 Å². The van der Waals surface area contributed by atoms with Crippen LogP contribution in [0, 0.1) is 0 Å². The highest BCUT2D eigenvalue weighted by molar-refractivity contribution is 7.47. The molecule has 18 nitrogen and oxygen atoms in total. The number of hydrogen-bond donors (Lipinski definition) is 3. The van der Waals surface area contributed by atoms with Crippen LogP contribution in [0.5, 0.6) is 0 Å². The topological polar surface area (TPSA) is 238 Å². The fourth-order valence-corrected chi connectivity index (χ4v) is 4.29. The van der Waals surface area contributed by atoms with Gasteiger partial charge in [0.15, 0.2) is 12.2 Å². The van der Waals surface area contributed by atoms with Crippen LogP contribution in [0.1, 0.15) is 95.9 Å². The number of alkyl carbamates (subject to hydrolysis) is 2. The van der Waals surface area contributed by atoms with Gasteiger partial charge in [0.25, 0.3) is 0 Å². The third-order valence-electron chi connectivity index (χ3n) is 5.23. The van der Waals surface area contributed by atoms with Gasteiger partial charge in [-0.15, -0.1) is 0 Å². The summed E-state index contributed by atoms with van der Waals surface area (Å²) in [5.74, 6) is -3.24. The second-order valence-electron chi connectivity index (χ2n) is 14.3. The third-order valence-corrected chi connectivity index (χ3v) is 6.18. The summed E-state index contributed by atoms with van der Waals surface area (Å²) in [6, 6.07) is 0. The maximum absolute atomic E-state index is 12.9. The summed E-state index contributed by atoms with van der Waals surface area (Å²) in [6.45, 7) is 15.6. The average Bonchev–Trinajstić information content (AvgIpc) is 2.83. The summed E-state index contributed by atoms with van der Waals surface area (Å²) in [4.78, 5) is 82.7. The second kappa shape index (κ2) is 19.1. The molecule has 0 spiro atoms. The molecule has 19 heteroatoms. The van der Waals surface area contributed by atoms with Gasteiger partial charge in [-0.25, -0.2) is 14.2 Å². The van der Waals surface area contributed by atoms with Gasteiger partial charge in [-0.2, -0.15) is 0 Å². The number of esters is 4. The maximum Gasteiger partial charge on any atom is 0.472 e. The molecule has 0 aliphatic rings. The first-order chi connectivity index (χ1) is 22.0. The van der Waals surface area contributed by atoms with Gasteiger partial charge in [0.05, 0.1) is 26.1 Å². The van der Waals surface area contributed by atoms with E-state index in [0.717, 1.165) is 13.8 Å². The molecule has 0 radical (unpaired) electrons. The molecule has 0 aromatic rings. The molecular formula is C30H53N2O16P. The summed E-state index contributed by atoms with van der Waals surface area (Å²) < 4.78 is 53.1. The monoisotopic (exact) mass is 728 g/mol. The van der Waals surface area contributed by atoms with Crippen molar-refractivity contribution in [1.29, 1.82) is 0 Å². The molecule has 3 atom stereocenters. The Bertz CT molecular complexity index is 1210. The van der Waals surface area contributed by atoms with Crippen LogP contribution in [0.25, 0.3) is 0 Å². The molecule has 0 heterocycles. The fourth-order valence-electron chi connectivity index (χ4n) is 3.50. The minimum Gasteiger partial charge on any atom is -0.462 e. The Morgan fingerprint density at radius 1 is 0.592 bits per heavy atom. The Morgan fingerprint density at radius 2 is 0.980 bits per heavy atom. The Morgan fingerprint density at radius 3 is 1.37 bits per heavy atom. The van der Waals surface area contributed by atoms with E-state index >= 15 is 0 Å². The van der Waals surface area contributed by atoms with Crippen molar-refractivity contribution in [2.45, 2.75) is 130 Å². The van der Waals surface area contributed by atoms with E-state index in [1.165, 1.54) is 13.8 Å². The highest BCUT2D eigenvalue weighted by atomic mass is 31.2. The highest BCUT2D eigenvalue weighted by Crippen LogP contribution is 2.43. The van der Waals surface area contributed by atoms with Crippen molar-refractivity contribution in [3.05, 3.63) is 0 Å². The number of amides is 2. The quantitative estimate of drug-likeness (QED) is 0.104. The van der Waals surface area contributed by atoms with Crippen LogP contribution >= 0.6 is 7.82 Å². The first-order valence-electron chi connectivity index (χ1n) is 15.3. The van der Waals surface area contributed by atoms with Gasteiger partial charge in [0.1, 0.15) is 24.4 Å². The number of ether oxygens (including phenoxy) is 6. The molecule has 0 aliphatic heterocycles. The van der Waals surface area contributed by atoms with E-state index in [1.54, 1.807) is 55.4 Å². The summed E-state index contributed by atoms with van der Waals surface area (Å²) >= 11 is 0. The molecule has 2 amide bonds. The molecular weight excluding hydrogens is 675 g/mol. The van der Waals surface area contributed by atoms with Crippen molar-refractivity contribution in [1.82, 2.24) is 10.6 Å². The second-order valence-corrected chi connectivity index (χ2v) is 15.7. The van der Waals surface area contributed by atoms with Gasteiger partial charge in [0, 0.05) is 24.9 Å². The van der Waals surface area contributed by atoms with E-state index in [4.69, 9.17) is 37.5 Å². The van der Waals surface area contributed by atoms with Crippen molar-refractivity contribution in [2.24, 2.45) is 0 Å². The van der Waals surface area contributed by atoms with E-state index < -0.39 is 111 Å². The molecule has 2 unspecified atom stereocenters. The van der Waals surface area contributed by atoms with Gasteiger partial charge in [-0.05, 0) is 69.2 Å². The van der Waals surface area contributed by atoms with Crippen molar-refractivity contribution in [2.75, 3.05) is 26.4 Å². The molecule has 0 fully saturated rings. The predicted octanol–water partition coefficient (Wildman–Crippen LogP) is 3.46. The van der Waals surface area contributed by atoms with Crippen molar-refractivity contribution >= 4 is 43.9 Å². The molecule has 284 valence electrons. The average molecular weight is 729 g/mol. The Labute approximate surface area is 287 Å². The number of carbonyl (C=O) groups excluding carboxylic acids is 6. The van der Waals surface area contributed by atoms with Crippen LogP contribution in [0.2, 0.25) is 0 Å². The first-order valence-corrected chi connectivity index (χ1v) is 16.8. The van der Waals surface area contributed by atoms with Crippen molar-refractivity contribution in [3.8, 4) is 0 Å². The SMILES string of the molecule is CC(=O)OC[C@H](COP(=O)(O)OCC(COC(=O)CC(C)(C)NC(=O)OC(C)(C)C)OC(=O)CC(C)(C)NC(=O)OC(C)(C)C)OC(C)=O. The molecule has 0 aromatic carbocycles. The third kappa shape index (κ3) is 25.2. The standard InChI is InChI=1S/C30H53N2O16P/c1-19(33)41-15-21(45-20(2)34)17-43-49(39,40)44-18-22(46-24(36)14-30(11,12)32-26(38)48-28(6,7)8)16-42-23(35)13-29(9,10)31-25(37)47-27(3,4)5/h21-22H,13-18H2,1-12H3,(H,31,37)(H,32,38)(H,39,40)/t21-,22?/m1/s1. The maximum atomic E-state index is 12.9. The summed E-state index contributed by atoms with van der Waals surface area (Å²) in [7, 11) is -4.93. The van der Waals surface area contributed by atoms with E-state index in [-0.39, 0.29) is 6.42 Å². The zero-order valence-electron chi connectivity index (χ0n) is 30.4. The number of phosphoric acid groups is 1. The Hall–Kier alpha value is -3.47. The largest absolute Gasteiger partial charge is 0.472 e. The molecule has 0 aliphatic carbocycles. The zero-order valence-corrected chi connectivity index (χ0v) is 31.3. The zero-order chi connectivity index (χ0) is 38.4. The van der Waals surface area contributed by atoms with Gasteiger partial charge in [-0.1, -0.05) is 0 Å². The number of rotatable bonds is 18. The smallest absolute Gasteiger partial charge is 0.462 e. The van der Waals surface area contributed by atoms with Crippen LogP contribution in [0.4, 0.5) is 9.59 Å². The lowest BCUT2D eigenvalue weighted by molar-refractivity contribution is -0.163. The number of hydrogen-bond acceptors (Lipinski definition) is 15. The Balaban J connectivity index is 5.64. The molecule has 0 bridgehead atoms. The van der Waals surface area contributed by atoms with Crippen LogP contribution < -0.4 is 10.6 Å². The first kappa shape index (κ1) is 45.5. The van der Waals surface area contributed by atoms with Crippen LogP contribution in [0.15, 0.2) is 0 Å². The highest BCUT2D eigenvalue weighted by Gasteiger charge is 2.33. The van der Waals surface area contributed by atoms with Gasteiger partial charge in [-0.3, -0.25) is 28.2 Å². The summed E-state index contributed by atoms with van der Waals surface area (Å²) in [6.07, 6.45) is -5.03. The predicted molar refractivity (Wildman–Crippen MR) is 171 cm³/mol. The molecule has 0 saturated carbocycles. The lowest BCUT2D eigenvalue weighted by Crippen LogP contribution is -2.48. The van der Waals surface area contributed by atoms with E-state index in [2.05, 4.69) is 10.6 Å². The summed E-state index contributed by atoms with van der Waals surface area (Å²) in [5.41, 5.74) is -3.89. The van der Waals surface area contributed by atoms with E-state index in [1.807, 2.05) is 0 Å². The number of phosphoric ester groups is 1. The molecule has 0 saturated heterocycles. The summed E-state index contributed by atoms with van der Waals surface area (Å²) in [5, 5.41) is 5.09. The van der Waals surface area contributed by atoms with Crippen LogP contribution in [-0.4, -0.2) is 102 Å². The minimum absolute atomic E-state index is 0.345. The minimum atomic E-state index is -4.93. The lowest BCUT2D eigenvalue weighted by atomic mass is 10.0. The van der Waals surface area contributed by atoms with Gasteiger partial charge in [0.2, 0.25) is 0 Å². The van der Waals surface area contributed by atoms with Crippen LogP contribution in [-0.2, 0) is 61.2 Å². The van der Waals surface area contributed by atoms with Gasteiger partial charge >= 0.3 is 43.9 Å². The fraction of sp³-hybridized carbons (Fsp3) is 0.800. The normalized spacial score (nSPS) is 14.6. The van der Waals surface area contributed by atoms with E-state index in [0.29, 0.717) is 0 Å². The van der Waals surface area contributed by atoms with Crippen molar-refractivity contribution in [3.63, 3.8) is 0 Å². The molecule has 0 aromatic heterocycles. The van der Waals surface area contributed by atoms with E-state index in [9.17, 15) is 38.2 Å². The Kier molecular flexibility index (Phi) is 17.7. The molecule has 3 N–H and O–H groups in total. The number of carbonyl (C=O) groups is 6. The molecule has 0 rings (SSSR count). The molecule has 49 heavy (non-hydrogen) atoms. The lowest BCUT2D eigenvalue weighted by Gasteiger charge is -2.29. The van der Waals surface area contributed by atoms with Gasteiger partial charge < -0.3 is 43.9 Å².